The van der Waals surface area contributed by atoms with Gasteiger partial charge in [0.15, 0.2) is 3.95 Å². The molecule has 0 aliphatic carbocycles. The summed E-state index contributed by atoms with van der Waals surface area (Å²) in [6.45, 7) is 0. The molecule has 0 aliphatic heterocycles. The van der Waals surface area contributed by atoms with Crippen LogP contribution in [0.15, 0.2) is 6.20 Å². The smallest absolute Gasteiger partial charge is 0.260 e. The first-order valence-corrected chi connectivity index (χ1v) is 3.41. The van der Waals surface area contributed by atoms with E-state index in [1.807, 2.05) is 0 Å². The number of nitrogens with two attached hydrogens (primary N) is 1. The number of carbonyl (C=O) groups excluding carboxylic acids is 1. The van der Waals surface area contributed by atoms with Gasteiger partial charge in [0.25, 0.3) is 5.91 Å². The summed E-state index contributed by atoms with van der Waals surface area (Å²) in [5.41, 5.74) is 4.93. The third-order valence-corrected chi connectivity index (χ3v) is 1.98. The van der Waals surface area contributed by atoms with E-state index >= 15 is 0 Å². The van der Waals surface area contributed by atoms with Crippen LogP contribution < -0.4 is 5.73 Å². The molecule has 0 saturated heterocycles. The van der Waals surface area contributed by atoms with Gasteiger partial charge in [0.2, 0.25) is 0 Å². The molecule has 0 radical (unpaired) electrons. The molecule has 0 aromatic carbocycles. The summed E-state index contributed by atoms with van der Waals surface area (Å²) in [5, 5.41) is 0. The second-order valence-electron chi connectivity index (χ2n) is 1.41. The number of hydrogen-bond donors (Lipinski definition) is 2. The fourth-order valence-corrected chi connectivity index (χ4v) is 1.27. The molecule has 0 unspecified atom stereocenters. The van der Waals surface area contributed by atoms with E-state index in [4.69, 9.17) is 18.0 Å². The highest BCUT2D eigenvalue weighted by Gasteiger charge is 1.99. The normalized spacial score (nSPS) is 9.33. The zero-order valence-corrected chi connectivity index (χ0v) is 6.01. The van der Waals surface area contributed by atoms with Crippen molar-refractivity contribution in [1.29, 1.82) is 0 Å². The molecule has 48 valence electrons. The quantitative estimate of drug-likeness (QED) is 0.600. The Morgan fingerprint density at radius 3 is 2.78 bits per heavy atom. The Labute approximate surface area is 60.5 Å². The Balaban J connectivity index is 3.12. The molecule has 0 atom stereocenters. The molecule has 0 fully saturated rings. The van der Waals surface area contributed by atoms with Gasteiger partial charge in [-0.05, 0) is 12.2 Å². The summed E-state index contributed by atoms with van der Waals surface area (Å²) in [6, 6.07) is 0. The number of rotatable bonds is 1. The molecule has 1 aromatic rings. The number of nitrogens with one attached hydrogen (secondary N) is 1. The van der Waals surface area contributed by atoms with Crippen molar-refractivity contribution in [1.82, 2.24) is 4.98 Å². The predicted molar refractivity (Wildman–Crippen MR) is 38.0 cm³/mol. The Morgan fingerprint density at radius 1 is 1.89 bits per heavy atom. The lowest BCUT2D eigenvalue weighted by Crippen LogP contribution is -2.08. The summed E-state index contributed by atoms with van der Waals surface area (Å²) in [5.74, 6) is -0.438. The highest BCUT2D eigenvalue weighted by Crippen LogP contribution is 2.05. The summed E-state index contributed by atoms with van der Waals surface area (Å²) < 4.78 is 0.573. The number of aromatic amines is 1. The van der Waals surface area contributed by atoms with Gasteiger partial charge in [-0.1, -0.05) is 11.3 Å². The van der Waals surface area contributed by atoms with E-state index in [2.05, 4.69) is 4.98 Å². The number of primary amides is 1. The molecule has 1 aromatic heterocycles. The topological polar surface area (TPSA) is 58.9 Å². The highest BCUT2D eigenvalue weighted by atomic mass is 32.1. The van der Waals surface area contributed by atoms with Crippen molar-refractivity contribution in [2.24, 2.45) is 5.73 Å². The van der Waals surface area contributed by atoms with Gasteiger partial charge >= 0.3 is 0 Å². The highest BCUT2D eigenvalue weighted by molar-refractivity contribution is 7.73. The monoisotopic (exact) mass is 160 g/mol. The van der Waals surface area contributed by atoms with Gasteiger partial charge in [-0.2, -0.15) is 0 Å². The first-order chi connectivity index (χ1) is 4.20. The zero-order valence-electron chi connectivity index (χ0n) is 4.38. The lowest BCUT2D eigenvalue weighted by atomic mass is 10.5. The standard InChI is InChI=1S/C4H4N2OS2/c5-3(7)2-1-6-4(8)9-2/h1H,(H2,5,7)(H,6,8). The zero-order chi connectivity index (χ0) is 6.85. The molecule has 3 nitrogen and oxygen atoms in total. The SMILES string of the molecule is NC(=O)c1c[nH]c(=S)s1. The molecule has 1 rings (SSSR count). The third-order valence-electron chi connectivity index (χ3n) is 0.767. The average Bonchev–Trinajstić information content (AvgIpc) is 2.14. The molecule has 9 heavy (non-hydrogen) atoms. The van der Waals surface area contributed by atoms with Crippen molar-refractivity contribution in [2.75, 3.05) is 0 Å². The maximum atomic E-state index is 10.4. The third kappa shape index (κ3) is 1.36. The second-order valence-corrected chi connectivity index (χ2v) is 3.13. The van der Waals surface area contributed by atoms with E-state index in [0.29, 0.717) is 8.83 Å². The molecule has 0 aliphatic rings. The van der Waals surface area contributed by atoms with Crippen LogP contribution in [0.4, 0.5) is 0 Å². The van der Waals surface area contributed by atoms with Crippen LogP contribution in [0.1, 0.15) is 9.67 Å². The van der Waals surface area contributed by atoms with Gasteiger partial charge in [-0.15, -0.1) is 0 Å². The second kappa shape index (κ2) is 2.28. The van der Waals surface area contributed by atoms with Gasteiger partial charge in [0.1, 0.15) is 4.88 Å². The molecule has 0 spiro atoms. The van der Waals surface area contributed by atoms with E-state index in [-0.39, 0.29) is 0 Å². The van der Waals surface area contributed by atoms with Gasteiger partial charge in [-0.3, -0.25) is 4.79 Å². The van der Waals surface area contributed by atoms with Gasteiger partial charge in [-0.25, -0.2) is 0 Å². The van der Waals surface area contributed by atoms with Crippen LogP contribution in [-0.2, 0) is 0 Å². The van der Waals surface area contributed by atoms with Crippen molar-refractivity contribution < 1.29 is 4.79 Å². The Hall–Kier alpha value is -0.680. The van der Waals surface area contributed by atoms with Crippen LogP contribution >= 0.6 is 23.6 Å². The van der Waals surface area contributed by atoms with E-state index < -0.39 is 5.91 Å². The maximum Gasteiger partial charge on any atom is 0.260 e. The minimum atomic E-state index is -0.438. The first kappa shape index (κ1) is 6.44. The van der Waals surface area contributed by atoms with Gasteiger partial charge < -0.3 is 10.7 Å². The Kier molecular flexibility index (Phi) is 1.63. The molecule has 5 heteroatoms. The number of amides is 1. The Morgan fingerprint density at radius 2 is 2.56 bits per heavy atom. The van der Waals surface area contributed by atoms with E-state index in [1.54, 1.807) is 0 Å². The summed E-state index contributed by atoms with van der Waals surface area (Å²) >= 11 is 5.89. The molecule has 0 saturated carbocycles. The predicted octanol–water partition coefficient (Wildman–Crippen LogP) is 0.905. The number of H-pyrrole nitrogens is 1. The number of thiazole rings is 1. The summed E-state index contributed by atoms with van der Waals surface area (Å²) in [7, 11) is 0. The molecule has 1 amide bonds. The molecular weight excluding hydrogens is 156 g/mol. The lowest BCUT2D eigenvalue weighted by Gasteiger charge is -1.79. The molecule has 1 heterocycles. The molecule has 3 N–H and O–H groups in total. The van der Waals surface area contributed by atoms with Crippen LogP contribution in [0.25, 0.3) is 0 Å². The van der Waals surface area contributed by atoms with Crippen LogP contribution in [0.3, 0.4) is 0 Å². The number of aromatic nitrogens is 1. The number of hydrogen-bond acceptors (Lipinski definition) is 3. The van der Waals surface area contributed by atoms with Crippen molar-refractivity contribution in [3.05, 3.63) is 15.0 Å². The van der Waals surface area contributed by atoms with Crippen LogP contribution in [0.2, 0.25) is 0 Å². The molecule has 0 bridgehead atoms. The van der Waals surface area contributed by atoms with Crippen molar-refractivity contribution in [3.8, 4) is 0 Å². The lowest BCUT2D eigenvalue weighted by molar-refractivity contribution is 0.100. The Bertz CT molecular complexity index is 274. The van der Waals surface area contributed by atoms with E-state index in [1.165, 1.54) is 17.5 Å². The van der Waals surface area contributed by atoms with Gasteiger partial charge in [0.05, 0.1) is 0 Å². The first-order valence-electron chi connectivity index (χ1n) is 2.18. The minimum absolute atomic E-state index is 0.438. The summed E-state index contributed by atoms with van der Waals surface area (Å²) in [6.07, 6.45) is 1.51. The van der Waals surface area contributed by atoms with Crippen LogP contribution in [0, 0.1) is 3.95 Å². The average molecular weight is 160 g/mol. The fraction of sp³-hybridized carbons (Fsp3) is 0. The largest absolute Gasteiger partial charge is 0.365 e. The van der Waals surface area contributed by atoms with Crippen molar-refractivity contribution in [3.63, 3.8) is 0 Å². The van der Waals surface area contributed by atoms with Crippen LogP contribution in [0.5, 0.6) is 0 Å². The maximum absolute atomic E-state index is 10.4. The van der Waals surface area contributed by atoms with E-state index in [0.717, 1.165) is 0 Å². The summed E-state index contributed by atoms with van der Waals surface area (Å²) in [4.78, 5) is 13.5. The van der Waals surface area contributed by atoms with E-state index in [9.17, 15) is 4.79 Å². The van der Waals surface area contributed by atoms with Gasteiger partial charge in [0, 0.05) is 6.20 Å². The number of carbonyl (C=O) groups is 1. The van der Waals surface area contributed by atoms with Crippen LogP contribution in [-0.4, -0.2) is 10.9 Å². The van der Waals surface area contributed by atoms with Crippen molar-refractivity contribution >= 4 is 29.5 Å². The fourth-order valence-electron chi connectivity index (χ4n) is 0.405. The minimum Gasteiger partial charge on any atom is -0.365 e. The van der Waals surface area contributed by atoms with Crippen molar-refractivity contribution in [2.45, 2.75) is 0 Å². The molecular formula is C4H4N2OS2.